The van der Waals surface area contributed by atoms with E-state index in [4.69, 9.17) is 5.26 Å². The number of nitro groups is 3. The van der Waals surface area contributed by atoms with Crippen LogP contribution in [0.3, 0.4) is 0 Å². The van der Waals surface area contributed by atoms with E-state index in [1.165, 1.54) is 81.8 Å². The molecule has 0 radical (unpaired) electrons. The summed E-state index contributed by atoms with van der Waals surface area (Å²) in [5, 5.41) is 40.1. The lowest BCUT2D eigenvalue weighted by atomic mass is 10.3. The van der Waals surface area contributed by atoms with Crippen LogP contribution in [0.25, 0.3) is 0 Å². The van der Waals surface area contributed by atoms with Crippen molar-refractivity contribution in [3.05, 3.63) is 158 Å². The second-order valence-corrected chi connectivity index (χ2v) is 8.73. The first-order valence-electron chi connectivity index (χ1n) is 14.5. The lowest BCUT2D eigenvalue weighted by Gasteiger charge is -2.01. The summed E-state index contributed by atoms with van der Waals surface area (Å²) in [4.78, 5) is 84.5. The Morgan fingerprint density at radius 2 is 1.04 bits per heavy atom. The SMILES string of the molecule is CN.CN1C(=O)C=CC1=O.CNC(=O)/C=C\COO.O=C1C=CC(=O)O1.O=[N+]([O-])c1ccccc1.O=[N+]([O-])c1ccccc1.O=[N+]([O-])c1ccccc1. The van der Waals surface area contributed by atoms with Gasteiger partial charge in [0.2, 0.25) is 5.91 Å². The predicted molar refractivity (Wildman–Crippen MR) is 188 cm³/mol. The van der Waals surface area contributed by atoms with Crippen LogP contribution >= 0.6 is 0 Å². The average Bonchev–Trinajstić information content (AvgIpc) is 3.71. The van der Waals surface area contributed by atoms with E-state index in [0.717, 1.165) is 17.1 Å². The molecule has 3 amide bonds. The molecule has 3 aromatic rings. The summed E-state index contributed by atoms with van der Waals surface area (Å²) in [6.45, 7) is 0.0351. The summed E-state index contributed by atoms with van der Waals surface area (Å²) in [7, 11) is 4.47. The van der Waals surface area contributed by atoms with Gasteiger partial charge >= 0.3 is 11.9 Å². The monoisotopic (exact) mass is 740 g/mol. The third kappa shape index (κ3) is 24.5. The zero-order valence-electron chi connectivity index (χ0n) is 28.5. The number of cyclic esters (lactones) is 2. The molecule has 5 rings (SSSR count). The van der Waals surface area contributed by atoms with Crippen molar-refractivity contribution in [1.82, 2.24) is 10.2 Å². The second kappa shape index (κ2) is 29.6. The molecule has 0 aliphatic carbocycles. The van der Waals surface area contributed by atoms with E-state index in [9.17, 15) is 54.3 Å². The van der Waals surface area contributed by atoms with Gasteiger partial charge in [-0.2, -0.15) is 0 Å². The number of nitrogens with two attached hydrogens (primary N) is 1. The number of nitrogens with one attached hydrogen (secondary N) is 1. The molecule has 20 nitrogen and oxygen atoms in total. The van der Waals surface area contributed by atoms with Crippen molar-refractivity contribution in [2.75, 3.05) is 27.7 Å². The number of nitrogens with zero attached hydrogens (tertiary/aromatic N) is 4. The molecule has 2 heterocycles. The molecule has 0 atom stereocenters. The lowest BCUT2D eigenvalue weighted by molar-refractivity contribution is -0.385. The number of ether oxygens (including phenoxy) is 1. The Morgan fingerprint density at radius 1 is 0.717 bits per heavy atom. The number of hydrogen-bond acceptors (Lipinski definition) is 15. The van der Waals surface area contributed by atoms with Gasteiger partial charge in [-0.3, -0.25) is 54.9 Å². The highest BCUT2D eigenvalue weighted by molar-refractivity contribution is 6.12. The van der Waals surface area contributed by atoms with Crippen LogP contribution in [-0.2, 0) is 33.6 Å². The molecule has 2 aliphatic heterocycles. The molecule has 0 spiro atoms. The zero-order chi connectivity index (χ0) is 40.6. The van der Waals surface area contributed by atoms with Crippen molar-refractivity contribution in [2.45, 2.75) is 0 Å². The molecule has 0 saturated carbocycles. The summed E-state index contributed by atoms with van der Waals surface area (Å²) in [5.74, 6) is -1.85. The Bertz CT molecular complexity index is 1550. The Hall–Kier alpha value is -7.29. The fourth-order valence-corrected chi connectivity index (χ4v) is 2.71. The third-order valence-electron chi connectivity index (χ3n) is 5.17. The van der Waals surface area contributed by atoms with Crippen molar-refractivity contribution in [3.8, 4) is 0 Å². The third-order valence-corrected chi connectivity index (χ3v) is 5.17. The second-order valence-electron chi connectivity index (χ2n) is 8.73. The van der Waals surface area contributed by atoms with Gasteiger partial charge in [0.25, 0.3) is 28.9 Å². The fraction of sp³-hybridized carbons (Fsp3) is 0.121. The van der Waals surface area contributed by atoms with Gasteiger partial charge in [0, 0.05) is 80.9 Å². The quantitative estimate of drug-likeness (QED) is 0.0621. The van der Waals surface area contributed by atoms with Crippen LogP contribution in [0.2, 0.25) is 0 Å². The van der Waals surface area contributed by atoms with Gasteiger partial charge in [0.15, 0.2) is 0 Å². The van der Waals surface area contributed by atoms with E-state index in [2.05, 4.69) is 20.7 Å². The Morgan fingerprint density at radius 3 is 1.21 bits per heavy atom. The maximum absolute atomic E-state index is 10.4. The molecular weight excluding hydrogens is 704 g/mol. The number of non-ortho nitro benzene ring substituents is 3. The number of imide groups is 1. The molecule has 282 valence electrons. The molecule has 0 fully saturated rings. The lowest BCUT2D eigenvalue weighted by Crippen LogP contribution is -2.24. The first-order chi connectivity index (χ1) is 25.2. The summed E-state index contributed by atoms with van der Waals surface area (Å²) in [5.41, 5.74) is 4.91. The van der Waals surface area contributed by atoms with Crippen molar-refractivity contribution < 1.29 is 53.6 Å². The Kier molecular flexibility index (Phi) is 26.7. The summed E-state index contributed by atoms with van der Waals surface area (Å²) >= 11 is 0. The number of rotatable bonds is 6. The smallest absolute Gasteiger partial charge is 0.338 e. The highest BCUT2D eigenvalue weighted by Crippen LogP contribution is 2.08. The van der Waals surface area contributed by atoms with E-state index in [1.54, 1.807) is 54.6 Å². The van der Waals surface area contributed by atoms with Crippen LogP contribution in [0.1, 0.15) is 0 Å². The standard InChI is InChI=1S/3C6H5NO2.C5H9NO3.C5H5NO2.C4H2O3.CH5N/c3*8-7(9)6-4-2-1-3-5-6;1-6-5(7)3-2-4-9-8;1-6-4(7)2-3-5(6)8;5-3-1-2-4(6)7-3;1-2/h3*1-5H;2-3,8H,4H2,1H3,(H,6,7);2-3H,1H3;1-2H;2H2,1H3/b;;;3-2-;;;. The van der Waals surface area contributed by atoms with E-state index in [1.807, 2.05) is 0 Å². The molecule has 4 N–H and O–H groups in total. The minimum atomic E-state index is -0.579. The van der Waals surface area contributed by atoms with Gasteiger partial charge in [0.1, 0.15) is 6.61 Å². The Labute approximate surface area is 301 Å². The van der Waals surface area contributed by atoms with Gasteiger partial charge in [-0.15, -0.1) is 0 Å². The number of para-hydroxylation sites is 3. The highest BCUT2D eigenvalue weighted by atomic mass is 17.1. The van der Waals surface area contributed by atoms with E-state index >= 15 is 0 Å². The summed E-state index contributed by atoms with van der Waals surface area (Å²) in [6, 6.07) is 23.8. The van der Waals surface area contributed by atoms with Crippen LogP contribution in [-0.4, -0.2) is 82.3 Å². The maximum Gasteiger partial charge on any atom is 0.338 e. The van der Waals surface area contributed by atoms with Crippen molar-refractivity contribution in [2.24, 2.45) is 5.73 Å². The van der Waals surface area contributed by atoms with E-state index in [0.29, 0.717) is 0 Å². The summed E-state index contributed by atoms with van der Waals surface area (Å²) < 4.78 is 3.97. The number of amides is 3. The topological polar surface area (TPSA) is 295 Å². The highest BCUT2D eigenvalue weighted by Gasteiger charge is 2.17. The van der Waals surface area contributed by atoms with Crippen LogP contribution in [0.5, 0.6) is 0 Å². The summed E-state index contributed by atoms with van der Waals surface area (Å²) in [6.07, 6.45) is 7.35. The van der Waals surface area contributed by atoms with Gasteiger partial charge in [0.05, 0.1) is 14.8 Å². The van der Waals surface area contributed by atoms with Crippen molar-refractivity contribution in [3.63, 3.8) is 0 Å². The minimum absolute atomic E-state index is 0.0351. The molecule has 0 aromatic heterocycles. The molecule has 0 unspecified atom stereocenters. The van der Waals surface area contributed by atoms with Gasteiger partial charge < -0.3 is 15.8 Å². The van der Waals surface area contributed by atoms with Crippen LogP contribution in [0, 0.1) is 30.3 Å². The molecule has 0 saturated heterocycles. The molecule has 2 aliphatic rings. The van der Waals surface area contributed by atoms with Crippen LogP contribution < -0.4 is 11.1 Å². The largest absolute Gasteiger partial charge is 0.387 e. The first-order valence-corrected chi connectivity index (χ1v) is 14.5. The maximum atomic E-state index is 10.4. The number of esters is 2. The molecule has 53 heavy (non-hydrogen) atoms. The van der Waals surface area contributed by atoms with Crippen LogP contribution in [0.15, 0.2) is 127 Å². The minimum Gasteiger partial charge on any atom is -0.387 e. The predicted octanol–water partition coefficient (Wildman–Crippen LogP) is 3.30. The zero-order valence-corrected chi connectivity index (χ0v) is 28.5. The molecule has 0 bridgehead atoms. The molecular formula is C33H36N6O14. The normalized spacial score (nSPS) is 11.5. The number of carbonyl (C=O) groups is 5. The van der Waals surface area contributed by atoms with Crippen LogP contribution in [0.4, 0.5) is 17.1 Å². The van der Waals surface area contributed by atoms with E-state index < -0.39 is 26.7 Å². The number of carbonyl (C=O) groups excluding carboxylic acids is 5. The van der Waals surface area contributed by atoms with Gasteiger partial charge in [-0.25, -0.2) is 14.5 Å². The van der Waals surface area contributed by atoms with E-state index in [-0.39, 0.29) is 41.4 Å². The number of likely N-dealkylation sites (N-methyl/N-ethyl adjacent to an activating group) is 2. The molecule has 3 aromatic carbocycles. The number of nitro benzene ring substituents is 3. The Balaban J connectivity index is 0. The first kappa shape index (κ1) is 47.8. The molecule has 20 heteroatoms. The van der Waals surface area contributed by atoms with Crippen molar-refractivity contribution in [1.29, 1.82) is 0 Å². The average molecular weight is 741 g/mol. The number of hydrogen-bond donors (Lipinski definition) is 3. The van der Waals surface area contributed by atoms with Gasteiger partial charge in [-0.05, 0) is 7.05 Å². The van der Waals surface area contributed by atoms with Gasteiger partial charge in [-0.1, -0.05) is 60.7 Å². The fourth-order valence-electron chi connectivity index (χ4n) is 2.71. The van der Waals surface area contributed by atoms with Crippen molar-refractivity contribution >= 4 is 46.7 Å². The number of benzene rings is 3.